The first-order chi connectivity index (χ1) is 8.47. The molecule has 0 bridgehead atoms. The Labute approximate surface area is 112 Å². The molecule has 1 aliphatic rings. The Balaban J connectivity index is 2.05. The Hall–Kier alpha value is -0.870. The van der Waals surface area contributed by atoms with Crippen molar-refractivity contribution in [3.8, 4) is 0 Å². The van der Waals surface area contributed by atoms with Gasteiger partial charge in [-0.3, -0.25) is 4.90 Å². The van der Waals surface area contributed by atoms with Crippen LogP contribution in [0.3, 0.4) is 0 Å². The minimum absolute atomic E-state index is 0.441. The highest BCUT2D eigenvalue weighted by Gasteiger charge is 2.28. The van der Waals surface area contributed by atoms with E-state index in [0.29, 0.717) is 16.8 Å². The van der Waals surface area contributed by atoms with E-state index < -0.39 is 5.97 Å². The maximum absolute atomic E-state index is 10.9. The van der Waals surface area contributed by atoms with E-state index in [1.165, 1.54) is 17.8 Å². The number of thiophene rings is 1. The van der Waals surface area contributed by atoms with Crippen molar-refractivity contribution in [1.29, 1.82) is 0 Å². The Morgan fingerprint density at radius 3 is 2.78 bits per heavy atom. The monoisotopic (exact) mass is 267 g/mol. The lowest BCUT2D eigenvalue weighted by molar-refractivity contribution is 0.0702. The van der Waals surface area contributed by atoms with Gasteiger partial charge in [0.25, 0.3) is 0 Å². The average Bonchev–Trinajstić information content (AvgIpc) is 2.74. The van der Waals surface area contributed by atoms with Gasteiger partial charge in [-0.05, 0) is 37.3 Å². The van der Waals surface area contributed by atoms with E-state index in [2.05, 4.69) is 25.7 Å². The largest absolute Gasteiger partial charge is 0.477 e. The third-order valence-electron chi connectivity index (χ3n) is 3.95. The summed E-state index contributed by atoms with van der Waals surface area (Å²) in [6, 6.07) is 4.24. The lowest BCUT2D eigenvalue weighted by atomic mass is 9.86. The summed E-state index contributed by atoms with van der Waals surface area (Å²) in [4.78, 5) is 14.9. The second-order valence-corrected chi connectivity index (χ2v) is 6.73. The third-order valence-corrected chi connectivity index (χ3v) is 5.01. The molecule has 0 aromatic carbocycles. The summed E-state index contributed by atoms with van der Waals surface area (Å²) in [7, 11) is 0. The van der Waals surface area contributed by atoms with E-state index in [1.807, 2.05) is 6.07 Å². The van der Waals surface area contributed by atoms with E-state index in [4.69, 9.17) is 5.11 Å². The van der Waals surface area contributed by atoms with E-state index in [9.17, 15) is 4.79 Å². The molecule has 4 heteroatoms. The van der Waals surface area contributed by atoms with Gasteiger partial charge in [-0.1, -0.05) is 13.8 Å². The van der Waals surface area contributed by atoms with Crippen LogP contribution in [-0.4, -0.2) is 28.6 Å². The number of nitrogens with zero attached hydrogens (tertiary/aromatic N) is 1. The zero-order valence-corrected chi connectivity index (χ0v) is 12.0. The number of rotatable bonds is 3. The number of carbonyl (C=O) groups is 1. The topological polar surface area (TPSA) is 40.5 Å². The van der Waals surface area contributed by atoms with Crippen LogP contribution in [-0.2, 0) is 6.54 Å². The third kappa shape index (κ3) is 2.93. The predicted octanol–water partition coefficient (Wildman–Crippen LogP) is 3.31. The smallest absolute Gasteiger partial charge is 0.345 e. The molecule has 3 unspecified atom stereocenters. The van der Waals surface area contributed by atoms with Gasteiger partial charge in [-0.15, -0.1) is 11.3 Å². The summed E-state index contributed by atoms with van der Waals surface area (Å²) < 4.78 is 0. The molecule has 1 aromatic rings. The summed E-state index contributed by atoms with van der Waals surface area (Å²) in [5.41, 5.74) is 0. The van der Waals surface area contributed by atoms with Crippen LogP contribution in [0.25, 0.3) is 0 Å². The van der Waals surface area contributed by atoms with Gasteiger partial charge in [0.1, 0.15) is 4.88 Å². The summed E-state index contributed by atoms with van der Waals surface area (Å²) in [6.07, 6.45) is 1.29. The number of hydrogen-bond donors (Lipinski definition) is 1. The SMILES string of the molecule is CC1CC(C)C(C)N(Cc2ccc(C(=O)O)s2)C1. The van der Waals surface area contributed by atoms with Crippen molar-refractivity contribution in [3.05, 3.63) is 21.9 Å². The molecule has 2 rings (SSSR count). The molecule has 0 saturated carbocycles. The number of likely N-dealkylation sites (tertiary alicyclic amines) is 1. The van der Waals surface area contributed by atoms with Crippen LogP contribution in [0.4, 0.5) is 0 Å². The number of carboxylic acid groups (broad SMARTS) is 1. The highest BCUT2D eigenvalue weighted by molar-refractivity contribution is 7.13. The van der Waals surface area contributed by atoms with E-state index in [0.717, 1.165) is 23.9 Å². The predicted molar refractivity (Wildman–Crippen MR) is 74.1 cm³/mol. The molecule has 100 valence electrons. The van der Waals surface area contributed by atoms with Gasteiger partial charge >= 0.3 is 5.97 Å². The quantitative estimate of drug-likeness (QED) is 0.913. The summed E-state index contributed by atoms with van der Waals surface area (Å²) in [6.45, 7) is 8.89. The van der Waals surface area contributed by atoms with Crippen molar-refractivity contribution in [3.63, 3.8) is 0 Å². The van der Waals surface area contributed by atoms with Crippen LogP contribution < -0.4 is 0 Å². The normalized spacial score (nSPS) is 29.4. The van der Waals surface area contributed by atoms with Gasteiger partial charge < -0.3 is 5.11 Å². The van der Waals surface area contributed by atoms with Crippen molar-refractivity contribution >= 4 is 17.3 Å². The molecule has 1 N–H and O–H groups in total. The summed E-state index contributed by atoms with van der Waals surface area (Å²) >= 11 is 1.40. The number of aromatic carboxylic acids is 1. The molecule has 18 heavy (non-hydrogen) atoms. The Morgan fingerprint density at radius 1 is 1.44 bits per heavy atom. The van der Waals surface area contributed by atoms with Gasteiger partial charge in [0.2, 0.25) is 0 Å². The van der Waals surface area contributed by atoms with Gasteiger partial charge in [0.15, 0.2) is 0 Å². The van der Waals surface area contributed by atoms with Gasteiger partial charge in [0, 0.05) is 24.0 Å². The molecule has 3 nitrogen and oxygen atoms in total. The Bertz CT molecular complexity index is 429. The number of hydrogen-bond acceptors (Lipinski definition) is 3. The van der Waals surface area contributed by atoms with Gasteiger partial charge in [-0.25, -0.2) is 4.79 Å². The fourth-order valence-corrected chi connectivity index (χ4v) is 3.69. The van der Waals surface area contributed by atoms with Crippen molar-refractivity contribution < 1.29 is 9.90 Å². The van der Waals surface area contributed by atoms with Crippen LogP contribution in [0.15, 0.2) is 12.1 Å². The molecule has 0 aliphatic carbocycles. The zero-order chi connectivity index (χ0) is 13.3. The van der Waals surface area contributed by atoms with Crippen molar-refractivity contribution in [1.82, 2.24) is 4.90 Å². The lowest BCUT2D eigenvalue weighted by Crippen LogP contribution is -2.44. The summed E-state index contributed by atoms with van der Waals surface area (Å²) in [5, 5.41) is 8.94. The molecule has 1 aliphatic heterocycles. The second-order valence-electron chi connectivity index (χ2n) is 5.56. The first kappa shape index (κ1) is 13.6. The zero-order valence-electron chi connectivity index (χ0n) is 11.2. The maximum Gasteiger partial charge on any atom is 0.345 e. The Kier molecular flexibility index (Phi) is 4.07. The molecule has 0 spiro atoms. The van der Waals surface area contributed by atoms with Gasteiger partial charge in [-0.2, -0.15) is 0 Å². The fraction of sp³-hybridized carbons (Fsp3) is 0.643. The van der Waals surface area contributed by atoms with E-state index in [1.54, 1.807) is 6.07 Å². The molecule has 1 aromatic heterocycles. The second kappa shape index (κ2) is 5.41. The maximum atomic E-state index is 10.9. The van der Waals surface area contributed by atoms with E-state index >= 15 is 0 Å². The molecule has 2 heterocycles. The molecule has 0 amide bonds. The van der Waals surface area contributed by atoms with Crippen LogP contribution in [0, 0.1) is 11.8 Å². The minimum Gasteiger partial charge on any atom is -0.477 e. The van der Waals surface area contributed by atoms with Gasteiger partial charge in [0.05, 0.1) is 0 Å². The van der Waals surface area contributed by atoms with Crippen LogP contribution in [0.1, 0.15) is 41.7 Å². The van der Waals surface area contributed by atoms with Crippen LogP contribution in [0.5, 0.6) is 0 Å². The molecule has 1 fully saturated rings. The number of carboxylic acids is 1. The minimum atomic E-state index is -0.820. The fourth-order valence-electron chi connectivity index (χ4n) is 2.82. The van der Waals surface area contributed by atoms with Crippen molar-refractivity contribution in [2.75, 3.05) is 6.54 Å². The first-order valence-electron chi connectivity index (χ1n) is 6.53. The molecule has 0 radical (unpaired) electrons. The molecular formula is C14H21NO2S. The summed E-state index contributed by atoms with van der Waals surface area (Å²) in [5.74, 6) is 0.627. The molecule has 3 atom stereocenters. The lowest BCUT2D eigenvalue weighted by Gasteiger charge is -2.40. The van der Waals surface area contributed by atoms with Crippen molar-refractivity contribution in [2.24, 2.45) is 11.8 Å². The number of piperidine rings is 1. The average molecular weight is 267 g/mol. The highest BCUT2D eigenvalue weighted by Crippen LogP contribution is 2.29. The Morgan fingerprint density at radius 2 is 2.17 bits per heavy atom. The first-order valence-corrected chi connectivity index (χ1v) is 7.35. The van der Waals surface area contributed by atoms with Crippen LogP contribution in [0.2, 0.25) is 0 Å². The highest BCUT2D eigenvalue weighted by atomic mass is 32.1. The van der Waals surface area contributed by atoms with E-state index in [-0.39, 0.29) is 0 Å². The molecule has 1 saturated heterocycles. The van der Waals surface area contributed by atoms with Crippen molar-refractivity contribution in [2.45, 2.75) is 39.8 Å². The van der Waals surface area contributed by atoms with Crippen LogP contribution >= 0.6 is 11.3 Å². The molecular weight excluding hydrogens is 246 g/mol. The standard InChI is InChI=1S/C14H21NO2S/c1-9-6-10(2)11(3)15(7-9)8-12-4-5-13(18-12)14(16)17/h4-5,9-11H,6-8H2,1-3H3,(H,16,17).